The van der Waals surface area contributed by atoms with E-state index in [1.165, 1.54) is 0 Å². The molecule has 0 amide bonds. The first kappa shape index (κ1) is 19.1. The van der Waals surface area contributed by atoms with Gasteiger partial charge in [-0.2, -0.15) is 0 Å². The van der Waals surface area contributed by atoms with Gasteiger partial charge < -0.3 is 14.2 Å². The molecular weight excluding hydrogens is 276 g/mol. The summed E-state index contributed by atoms with van der Waals surface area (Å²) >= 11 is 0. The Morgan fingerprint density at radius 1 is 0.905 bits per heavy atom. The molecule has 0 rings (SSSR count). The number of hydrogen-bond donors (Lipinski definition) is 0. The lowest BCUT2D eigenvalue weighted by molar-refractivity contribution is -0.158. The summed E-state index contributed by atoms with van der Waals surface area (Å²) in [5.74, 6) is -1.95. The minimum absolute atomic E-state index is 0.0133. The molecule has 0 heterocycles. The van der Waals surface area contributed by atoms with Crippen molar-refractivity contribution in [1.82, 2.24) is 0 Å². The van der Waals surface area contributed by atoms with Gasteiger partial charge in [-0.3, -0.25) is 4.79 Å². The van der Waals surface area contributed by atoms with E-state index in [4.69, 9.17) is 4.74 Å². The maximum Gasteiger partial charge on any atom is 0.344 e. The van der Waals surface area contributed by atoms with E-state index in [0.717, 1.165) is 25.7 Å². The molecule has 0 aliphatic carbocycles. The summed E-state index contributed by atoms with van der Waals surface area (Å²) in [6.45, 7) is 7.29. The van der Waals surface area contributed by atoms with Gasteiger partial charge in [0, 0.05) is 5.57 Å². The lowest BCUT2D eigenvalue weighted by Gasteiger charge is -2.07. The monoisotopic (exact) mass is 300 g/mol. The van der Waals surface area contributed by atoms with Crippen LogP contribution < -0.4 is 0 Å². The number of esters is 3. The summed E-state index contributed by atoms with van der Waals surface area (Å²) in [6.07, 6.45) is 3.69. The fraction of sp³-hybridized carbons (Fsp3) is 0.667. The van der Waals surface area contributed by atoms with E-state index < -0.39 is 24.5 Å². The lowest BCUT2D eigenvalue weighted by Crippen LogP contribution is -2.18. The van der Waals surface area contributed by atoms with E-state index in [9.17, 15) is 14.4 Å². The summed E-state index contributed by atoms with van der Waals surface area (Å²) in [6, 6.07) is 0. The Kier molecular flexibility index (Phi) is 10.9. The van der Waals surface area contributed by atoms with Gasteiger partial charge in [0.2, 0.25) is 0 Å². The molecular formula is C15H24O6. The van der Waals surface area contributed by atoms with Crippen LogP contribution in [0.15, 0.2) is 12.2 Å². The number of hydrogen-bond acceptors (Lipinski definition) is 6. The van der Waals surface area contributed by atoms with Crippen molar-refractivity contribution in [2.45, 2.75) is 46.0 Å². The first-order chi connectivity index (χ1) is 10.0. The van der Waals surface area contributed by atoms with Crippen LogP contribution in [0.2, 0.25) is 0 Å². The molecule has 120 valence electrons. The van der Waals surface area contributed by atoms with Crippen LogP contribution in [0.3, 0.4) is 0 Å². The highest BCUT2D eigenvalue weighted by atomic mass is 16.6. The second-order valence-electron chi connectivity index (χ2n) is 4.44. The van der Waals surface area contributed by atoms with E-state index in [-0.39, 0.29) is 18.6 Å². The number of rotatable bonds is 11. The zero-order valence-electron chi connectivity index (χ0n) is 12.8. The molecule has 0 aliphatic heterocycles. The molecule has 0 bridgehead atoms. The van der Waals surface area contributed by atoms with Crippen molar-refractivity contribution >= 4 is 17.9 Å². The highest BCUT2D eigenvalue weighted by Gasteiger charge is 2.15. The van der Waals surface area contributed by atoms with Gasteiger partial charge in [0.15, 0.2) is 6.61 Å². The first-order valence-corrected chi connectivity index (χ1v) is 7.17. The predicted octanol–water partition coefficient (Wildman–Crippen LogP) is 2.16. The highest BCUT2D eigenvalue weighted by Crippen LogP contribution is 2.05. The minimum Gasteiger partial charge on any atom is -0.463 e. The Morgan fingerprint density at radius 3 is 2.24 bits per heavy atom. The summed E-state index contributed by atoms with van der Waals surface area (Å²) in [5, 5.41) is 0. The quantitative estimate of drug-likeness (QED) is 0.252. The van der Waals surface area contributed by atoms with Crippen LogP contribution in [0, 0.1) is 0 Å². The van der Waals surface area contributed by atoms with E-state index in [2.05, 4.69) is 23.0 Å². The second kappa shape index (κ2) is 11.9. The number of unbranched alkanes of at least 4 members (excludes halogenated alkanes) is 3. The molecule has 6 nitrogen and oxygen atoms in total. The zero-order chi connectivity index (χ0) is 16.1. The Labute approximate surface area is 125 Å². The van der Waals surface area contributed by atoms with Crippen LogP contribution in [0.5, 0.6) is 0 Å². The smallest absolute Gasteiger partial charge is 0.344 e. The molecule has 0 aromatic carbocycles. The van der Waals surface area contributed by atoms with Gasteiger partial charge in [-0.05, 0) is 13.3 Å². The van der Waals surface area contributed by atoms with Gasteiger partial charge in [-0.15, -0.1) is 0 Å². The maximum absolute atomic E-state index is 11.5. The molecule has 0 aromatic rings. The third-order valence-corrected chi connectivity index (χ3v) is 2.53. The van der Waals surface area contributed by atoms with Crippen molar-refractivity contribution < 1.29 is 28.6 Å². The molecule has 0 radical (unpaired) electrons. The molecule has 21 heavy (non-hydrogen) atoms. The SMILES string of the molecule is C=C(CC(=O)OCC(=O)OCC)C(=O)OCCCCCC. The normalized spacial score (nSPS) is 9.81. The van der Waals surface area contributed by atoms with Crippen LogP contribution in [-0.2, 0) is 28.6 Å². The summed E-state index contributed by atoms with van der Waals surface area (Å²) in [4.78, 5) is 33.9. The summed E-state index contributed by atoms with van der Waals surface area (Å²) in [5.41, 5.74) is 0.0133. The fourth-order valence-corrected chi connectivity index (χ4v) is 1.44. The molecule has 0 saturated heterocycles. The van der Waals surface area contributed by atoms with Gasteiger partial charge in [0.25, 0.3) is 0 Å². The van der Waals surface area contributed by atoms with Crippen molar-refractivity contribution in [1.29, 1.82) is 0 Å². The molecule has 0 fully saturated rings. The fourth-order valence-electron chi connectivity index (χ4n) is 1.44. The number of carbonyl (C=O) groups is 3. The second-order valence-corrected chi connectivity index (χ2v) is 4.44. The largest absolute Gasteiger partial charge is 0.463 e. The molecule has 0 atom stereocenters. The Morgan fingerprint density at radius 2 is 1.62 bits per heavy atom. The van der Waals surface area contributed by atoms with E-state index >= 15 is 0 Å². The molecule has 0 aromatic heterocycles. The molecule has 0 unspecified atom stereocenters. The van der Waals surface area contributed by atoms with Crippen molar-refractivity contribution in [2.75, 3.05) is 19.8 Å². The van der Waals surface area contributed by atoms with Gasteiger partial charge in [-0.1, -0.05) is 32.8 Å². The average molecular weight is 300 g/mol. The third-order valence-electron chi connectivity index (χ3n) is 2.53. The van der Waals surface area contributed by atoms with E-state index in [1.54, 1.807) is 6.92 Å². The standard InChI is InChI=1S/C15H24O6/c1-4-6-7-8-9-20-15(18)12(3)10-13(16)21-11-14(17)19-5-2/h3-11H2,1-2H3. The van der Waals surface area contributed by atoms with Gasteiger partial charge in [-0.25, -0.2) is 9.59 Å². The van der Waals surface area contributed by atoms with Gasteiger partial charge >= 0.3 is 17.9 Å². The van der Waals surface area contributed by atoms with E-state index in [0.29, 0.717) is 6.61 Å². The Bertz CT molecular complexity index is 361. The maximum atomic E-state index is 11.5. The van der Waals surface area contributed by atoms with Crippen molar-refractivity contribution in [3.05, 3.63) is 12.2 Å². The first-order valence-electron chi connectivity index (χ1n) is 7.17. The average Bonchev–Trinajstić information content (AvgIpc) is 2.45. The molecule has 0 N–H and O–H groups in total. The Hall–Kier alpha value is -1.85. The van der Waals surface area contributed by atoms with Crippen LogP contribution >= 0.6 is 0 Å². The molecule has 0 spiro atoms. The van der Waals surface area contributed by atoms with Gasteiger partial charge in [0.1, 0.15) is 0 Å². The topological polar surface area (TPSA) is 78.9 Å². The van der Waals surface area contributed by atoms with Crippen molar-refractivity contribution in [3.63, 3.8) is 0 Å². The number of carbonyl (C=O) groups excluding carboxylic acids is 3. The number of ether oxygens (including phenoxy) is 3. The van der Waals surface area contributed by atoms with Crippen molar-refractivity contribution in [3.8, 4) is 0 Å². The molecule has 0 saturated carbocycles. The molecule has 0 aliphatic rings. The van der Waals surface area contributed by atoms with Crippen LogP contribution in [0.25, 0.3) is 0 Å². The van der Waals surface area contributed by atoms with Crippen molar-refractivity contribution in [2.24, 2.45) is 0 Å². The molecule has 6 heteroatoms. The Balaban J connectivity index is 3.82. The minimum atomic E-state index is -0.712. The van der Waals surface area contributed by atoms with Crippen LogP contribution in [0.1, 0.15) is 46.0 Å². The zero-order valence-corrected chi connectivity index (χ0v) is 12.8. The summed E-state index contributed by atoms with van der Waals surface area (Å²) in [7, 11) is 0. The third kappa shape index (κ3) is 10.6. The van der Waals surface area contributed by atoms with Crippen LogP contribution in [0.4, 0.5) is 0 Å². The summed E-state index contributed by atoms with van der Waals surface area (Å²) < 4.78 is 14.2. The lowest BCUT2D eigenvalue weighted by atomic mass is 10.2. The highest BCUT2D eigenvalue weighted by molar-refractivity contribution is 5.93. The van der Waals surface area contributed by atoms with Crippen LogP contribution in [-0.4, -0.2) is 37.7 Å². The van der Waals surface area contributed by atoms with E-state index in [1.807, 2.05) is 0 Å². The van der Waals surface area contributed by atoms with Gasteiger partial charge in [0.05, 0.1) is 19.6 Å². The predicted molar refractivity (Wildman–Crippen MR) is 76.5 cm³/mol.